The van der Waals surface area contributed by atoms with Gasteiger partial charge >= 0.3 is 5.97 Å². The van der Waals surface area contributed by atoms with E-state index in [4.69, 9.17) is 9.52 Å². The van der Waals surface area contributed by atoms with Crippen LogP contribution >= 0.6 is 0 Å². The number of aromatic carboxylic acids is 1. The predicted octanol–water partition coefficient (Wildman–Crippen LogP) is 2.13. The summed E-state index contributed by atoms with van der Waals surface area (Å²) in [5.74, 6) is -0.426. The maximum Gasteiger partial charge on any atom is 0.371 e. The van der Waals surface area contributed by atoms with Gasteiger partial charge in [0, 0.05) is 18.7 Å². The van der Waals surface area contributed by atoms with Crippen LogP contribution in [0.5, 0.6) is 0 Å². The zero-order valence-electron chi connectivity index (χ0n) is 8.35. The molecule has 1 heterocycles. The van der Waals surface area contributed by atoms with Crippen molar-refractivity contribution >= 4 is 11.9 Å². The highest BCUT2D eigenvalue weighted by Crippen LogP contribution is 2.32. The zero-order chi connectivity index (χ0) is 10.8. The third kappa shape index (κ3) is 2.03. The molecule has 0 amide bonds. The van der Waals surface area contributed by atoms with Crippen molar-refractivity contribution in [3.8, 4) is 0 Å². The highest BCUT2D eigenvalue weighted by atomic mass is 16.4. The van der Waals surface area contributed by atoms with Crippen LogP contribution in [0.3, 0.4) is 0 Å². The van der Waals surface area contributed by atoms with Gasteiger partial charge in [-0.2, -0.15) is 0 Å². The molecule has 1 saturated carbocycles. The van der Waals surface area contributed by atoms with E-state index in [2.05, 4.69) is 6.58 Å². The third-order valence-electron chi connectivity index (χ3n) is 2.40. The SMILES string of the molecule is C=CCN(c1ccc(C(=O)O)o1)C1CC1. The second kappa shape index (κ2) is 3.81. The van der Waals surface area contributed by atoms with E-state index in [9.17, 15) is 4.79 Å². The molecule has 2 rings (SSSR count). The summed E-state index contributed by atoms with van der Waals surface area (Å²) in [7, 11) is 0. The number of anilines is 1. The van der Waals surface area contributed by atoms with Gasteiger partial charge < -0.3 is 14.4 Å². The van der Waals surface area contributed by atoms with Gasteiger partial charge in [0.2, 0.25) is 5.76 Å². The first-order chi connectivity index (χ1) is 7.22. The summed E-state index contributed by atoms with van der Waals surface area (Å²) < 4.78 is 5.24. The second-order valence-corrected chi connectivity index (χ2v) is 3.62. The lowest BCUT2D eigenvalue weighted by atomic mass is 10.4. The first-order valence-electron chi connectivity index (χ1n) is 4.93. The van der Waals surface area contributed by atoms with E-state index in [0.29, 0.717) is 18.5 Å². The van der Waals surface area contributed by atoms with E-state index in [1.54, 1.807) is 12.1 Å². The molecular formula is C11H13NO3. The van der Waals surface area contributed by atoms with Gasteiger partial charge in [-0.25, -0.2) is 4.79 Å². The number of carboxylic acids is 1. The molecule has 0 radical (unpaired) electrons. The van der Waals surface area contributed by atoms with Crippen LogP contribution in [-0.2, 0) is 0 Å². The number of nitrogens with zero attached hydrogens (tertiary/aromatic N) is 1. The highest BCUT2D eigenvalue weighted by Gasteiger charge is 2.30. The van der Waals surface area contributed by atoms with E-state index < -0.39 is 5.97 Å². The third-order valence-corrected chi connectivity index (χ3v) is 2.40. The Hall–Kier alpha value is -1.71. The van der Waals surface area contributed by atoms with Gasteiger partial charge in [-0.15, -0.1) is 6.58 Å². The van der Waals surface area contributed by atoms with Crippen molar-refractivity contribution in [1.82, 2.24) is 0 Å². The van der Waals surface area contributed by atoms with E-state index >= 15 is 0 Å². The minimum absolute atomic E-state index is 0.0142. The van der Waals surface area contributed by atoms with Crippen LogP contribution in [-0.4, -0.2) is 23.7 Å². The largest absolute Gasteiger partial charge is 0.475 e. The monoisotopic (exact) mass is 207 g/mol. The van der Waals surface area contributed by atoms with E-state index in [0.717, 1.165) is 12.8 Å². The standard InChI is InChI=1S/C11H13NO3/c1-2-7-12(8-3-4-8)10-6-5-9(15-10)11(13)14/h2,5-6,8H,1,3-4,7H2,(H,13,14). The molecule has 0 bridgehead atoms. The van der Waals surface area contributed by atoms with Gasteiger partial charge in [0.25, 0.3) is 0 Å². The van der Waals surface area contributed by atoms with Gasteiger partial charge in [0.15, 0.2) is 5.88 Å². The smallest absolute Gasteiger partial charge is 0.371 e. The van der Waals surface area contributed by atoms with E-state index in [1.165, 1.54) is 6.07 Å². The fourth-order valence-electron chi connectivity index (χ4n) is 1.54. The Balaban J connectivity index is 2.17. The number of hydrogen-bond acceptors (Lipinski definition) is 3. The summed E-state index contributed by atoms with van der Waals surface area (Å²) in [5.41, 5.74) is 0. The molecule has 0 aromatic carbocycles. The van der Waals surface area contributed by atoms with Crippen LogP contribution in [0.4, 0.5) is 5.88 Å². The molecule has 4 heteroatoms. The Kier molecular flexibility index (Phi) is 2.49. The minimum atomic E-state index is -1.03. The van der Waals surface area contributed by atoms with Crippen molar-refractivity contribution in [2.24, 2.45) is 0 Å². The predicted molar refractivity (Wildman–Crippen MR) is 56.2 cm³/mol. The van der Waals surface area contributed by atoms with E-state index in [1.807, 2.05) is 4.90 Å². The van der Waals surface area contributed by atoms with Crippen molar-refractivity contribution in [3.63, 3.8) is 0 Å². The molecule has 4 nitrogen and oxygen atoms in total. The fourth-order valence-corrected chi connectivity index (χ4v) is 1.54. The average Bonchev–Trinajstić information content (AvgIpc) is 2.91. The number of hydrogen-bond donors (Lipinski definition) is 1. The summed E-state index contributed by atoms with van der Waals surface area (Å²) in [6.45, 7) is 4.37. The maximum absolute atomic E-state index is 10.6. The first kappa shape index (κ1) is 9.83. The van der Waals surface area contributed by atoms with Crippen LogP contribution in [0.15, 0.2) is 29.2 Å². The molecule has 0 spiro atoms. The normalized spacial score (nSPS) is 14.9. The van der Waals surface area contributed by atoms with Gasteiger partial charge in [-0.1, -0.05) is 6.08 Å². The Labute approximate surface area is 87.8 Å². The van der Waals surface area contributed by atoms with Crippen molar-refractivity contribution in [2.75, 3.05) is 11.4 Å². The van der Waals surface area contributed by atoms with E-state index in [-0.39, 0.29) is 5.76 Å². The first-order valence-corrected chi connectivity index (χ1v) is 4.93. The van der Waals surface area contributed by atoms with Crippen LogP contribution in [0.2, 0.25) is 0 Å². The van der Waals surface area contributed by atoms with Crippen molar-refractivity contribution in [2.45, 2.75) is 18.9 Å². The second-order valence-electron chi connectivity index (χ2n) is 3.62. The maximum atomic E-state index is 10.6. The Morgan fingerprint density at radius 3 is 2.87 bits per heavy atom. The number of rotatable bonds is 5. The molecule has 1 aliphatic carbocycles. The minimum Gasteiger partial charge on any atom is -0.475 e. The summed E-state index contributed by atoms with van der Waals surface area (Å²) in [6, 6.07) is 3.66. The lowest BCUT2D eigenvalue weighted by Gasteiger charge is -2.19. The van der Waals surface area contributed by atoms with Gasteiger partial charge in [-0.3, -0.25) is 0 Å². The lowest BCUT2D eigenvalue weighted by molar-refractivity contribution is 0.0663. The molecule has 1 N–H and O–H groups in total. The van der Waals surface area contributed by atoms with Crippen LogP contribution in [0.1, 0.15) is 23.4 Å². The van der Waals surface area contributed by atoms with Crippen molar-refractivity contribution < 1.29 is 14.3 Å². The fraction of sp³-hybridized carbons (Fsp3) is 0.364. The lowest BCUT2D eigenvalue weighted by Crippen LogP contribution is -2.24. The number of carbonyl (C=O) groups is 1. The topological polar surface area (TPSA) is 53.7 Å². The molecular weight excluding hydrogens is 194 g/mol. The van der Waals surface area contributed by atoms with Crippen LogP contribution < -0.4 is 4.90 Å². The Bertz CT molecular complexity index is 379. The molecule has 80 valence electrons. The summed E-state index contributed by atoms with van der Waals surface area (Å²) in [6.07, 6.45) is 4.06. The van der Waals surface area contributed by atoms with Crippen LogP contribution in [0, 0.1) is 0 Å². The molecule has 0 unspecified atom stereocenters. The quantitative estimate of drug-likeness (QED) is 0.751. The Morgan fingerprint density at radius 2 is 2.40 bits per heavy atom. The van der Waals surface area contributed by atoms with Crippen molar-refractivity contribution in [1.29, 1.82) is 0 Å². The molecule has 0 atom stereocenters. The summed E-state index contributed by atoms with van der Waals surface area (Å²) in [5, 5.41) is 8.73. The molecule has 1 aromatic heterocycles. The van der Waals surface area contributed by atoms with Crippen molar-refractivity contribution in [3.05, 3.63) is 30.5 Å². The van der Waals surface area contributed by atoms with Gasteiger partial charge in [0.1, 0.15) is 0 Å². The Morgan fingerprint density at radius 1 is 1.67 bits per heavy atom. The summed E-state index contributed by atoms with van der Waals surface area (Å²) in [4.78, 5) is 12.7. The molecule has 1 fully saturated rings. The molecule has 15 heavy (non-hydrogen) atoms. The number of carboxylic acid groups (broad SMARTS) is 1. The van der Waals surface area contributed by atoms with Gasteiger partial charge in [-0.05, 0) is 18.9 Å². The molecule has 0 saturated heterocycles. The molecule has 0 aliphatic heterocycles. The zero-order valence-corrected chi connectivity index (χ0v) is 8.35. The molecule has 1 aromatic rings. The van der Waals surface area contributed by atoms with Gasteiger partial charge in [0.05, 0.1) is 0 Å². The summed E-state index contributed by atoms with van der Waals surface area (Å²) >= 11 is 0. The average molecular weight is 207 g/mol. The highest BCUT2D eigenvalue weighted by molar-refractivity contribution is 5.84. The molecule has 1 aliphatic rings. The number of furan rings is 1. The van der Waals surface area contributed by atoms with Crippen LogP contribution in [0.25, 0.3) is 0 Å².